The fourth-order valence-corrected chi connectivity index (χ4v) is 3.09. The molecule has 1 spiro atoms. The Morgan fingerprint density at radius 3 is 2.61 bits per heavy atom. The average Bonchev–Trinajstić information content (AvgIpc) is 2.94. The fraction of sp³-hybridized carbons (Fsp3) is 0.529. The van der Waals surface area contributed by atoms with Crippen LogP contribution in [0.25, 0.3) is 0 Å². The van der Waals surface area contributed by atoms with Crippen molar-refractivity contribution in [1.29, 1.82) is 0 Å². The van der Waals surface area contributed by atoms with Crippen LogP contribution in [0.2, 0.25) is 0 Å². The van der Waals surface area contributed by atoms with E-state index in [1.807, 2.05) is 37.3 Å². The van der Waals surface area contributed by atoms with E-state index in [1.54, 1.807) is 0 Å². The van der Waals surface area contributed by atoms with Crippen molar-refractivity contribution in [3.63, 3.8) is 0 Å². The highest BCUT2D eigenvalue weighted by molar-refractivity contribution is 5.81. The van der Waals surface area contributed by atoms with E-state index in [9.17, 15) is 9.59 Å². The molecular formula is C17H22N2O4. The molecule has 124 valence electrons. The summed E-state index contributed by atoms with van der Waals surface area (Å²) in [6.45, 7) is 4.21. The number of likely N-dealkylation sites (tertiary alicyclic amines) is 1. The van der Waals surface area contributed by atoms with Gasteiger partial charge in [0.25, 0.3) is 0 Å². The van der Waals surface area contributed by atoms with Crippen LogP contribution in [0, 0.1) is 0 Å². The van der Waals surface area contributed by atoms with E-state index in [2.05, 4.69) is 10.2 Å². The third kappa shape index (κ3) is 3.64. The molecule has 6 heteroatoms. The second kappa shape index (κ2) is 6.58. The number of nitrogens with one attached hydrogen (secondary N) is 1. The lowest BCUT2D eigenvalue weighted by Gasteiger charge is -2.38. The quantitative estimate of drug-likeness (QED) is 0.856. The summed E-state index contributed by atoms with van der Waals surface area (Å²) in [5.41, 5.74) is 0.606. The van der Waals surface area contributed by atoms with Crippen LogP contribution >= 0.6 is 0 Å². The van der Waals surface area contributed by atoms with Crippen LogP contribution in [-0.2, 0) is 20.8 Å². The number of hydrogen-bond donors (Lipinski definition) is 1. The van der Waals surface area contributed by atoms with E-state index in [0.717, 1.165) is 18.7 Å². The summed E-state index contributed by atoms with van der Waals surface area (Å²) in [7, 11) is 0. The van der Waals surface area contributed by atoms with Gasteiger partial charge in [-0.2, -0.15) is 0 Å². The molecule has 1 atom stereocenters. The molecule has 2 aliphatic heterocycles. The number of ether oxygens (including phenoxy) is 2. The molecule has 0 saturated carbocycles. The van der Waals surface area contributed by atoms with Gasteiger partial charge in [-0.1, -0.05) is 30.3 Å². The third-order valence-electron chi connectivity index (χ3n) is 4.70. The second-order valence-corrected chi connectivity index (χ2v) is 6.24. The Morgan fingerprint density at radius 1 is 1.30 bits per heavy atom. The molecule has 0 aliphatic carbocycles. The summed E-state index contributed by atoms with van der Waals surface area (Å²) < 4.78 is 10.2. The zero-order valence-electron chi connectivity index (χ0n) is 13.3. The predicted octanol–water partition coefficient (Wildman–Crippen LogP) is 1.69. The molecule has 2 aliphatic rings. The number of benzene rings is 1. The van der Waals surface area contributed by atoms with Crippen molar-refractivity contribution in [2.75, 3.05) is 19.7 Å². The van der Waals surface area contributed by atoms with Crippen LogP contribution in [0.1, 0.15) is 25.3 Å². The van der Waals surface area contributed by atoms with Gasteiger partial charge >= 0.3 is 6.16 Å². The smallest absolute Gasteiger partial charge is 0.430 e. The van der Waals surface area contributed by atoms with Gasteiger partial charge in [-0.05, 0) is 12.5 Å². The molecule has 6 nitrogen and oxygen atoms in total. The molecule has 1 amide bonds. The highest BCUT2D eigenvalue weighted by Gasteiger charge is 2.45. The zero-order valence-corrected chi connectivity index (χ0v) is 13.3. The van der Waals surface area contributed by atoms with Crippen molar-refractivity contribution in [2.45, 2.75) is 38.0 Å². The Morgan fingerprint density at radius 2 is 2.00 bits per heavy atom. The molecule has 23 heavy (non-hydrogen) atoms. The first-order valence-corrected chi connectivity index (χ1v) is 7.99. The summed E-state index contributed by atoms with van der Waals surface area (Å²) in [5, 5.41) is 2.97. The van der Waals surface area contributed by atoms with Gasteiger partial charge in [0.1, 0.15) is 6.61 Å². The van der Waals surface area contributed by atoms with Gasteiger partial charge in [-0.25, -0.2) is 4.79 Å². The van der Waals surface area contributed by atoms with E-state index in [-0.39, 0.29) is 11.9 Å². The monoisotopic (exact) mass is 318 g/mol. The average molecular weight is 318 g/mol. The standard InChI is InChI=1S/C17H22N2O4/c1-13(15(20)18-11-14-5-3-2-4-6-14)19-9-7-17(8-10-19)12-22-16(21)23-17/h2-6,13H,7-12H2,1H3,(H,18,20)/t13-/m0/s1. The van der Waals surface area contributed by atoms with Gasteiger partial charge in [0.2, 0.25) is 5.91 Å². The summed E-state index contributed by atoms with van der Waals surface area (Å²) in [6.07, 6.45) is 0.830. The maximum absolute atomic E-state index is 12.3. The first kappa shape index (κ1) is 15.8. The number of hydrogen-bond acceptors (Lipinski definition) is 5. The van der Waals surface area contributed by atoms with Crippen LogP contribution in [0.4, 0.5) is 4.79 Å². The van der Waals surface area contributed by atoms with Crippen molar-refractivity contribution in [1.82, 2.24) is 10.2 Å². The number of carbonyl (C=O) groups excluding carboxylic acids is 2. The highest BCUT2D eigenvalue weighted by Crippen LogP contribution is 2.32. The van der Waals surface area contributed by atoms with Crippen molar-refractivity contribution in [3.8, 4) is 0 Å². The Bertz CT molecular complexity index is 567. The molecule has 0 aromatic heterocycles. The molecule has 0 radical (unpaired) electrons. The van der Waals surface area contributed by atoms with Gasteiger partial charge < -0.3 is 14.8 Å². The van der Waals surface area contributed by atoms with Crippen molar-refractivity contribution >= 4 is 12.1 Å². The normalized spacial score (nSPS) is 21.5. The second-order valence-electron chi connectivity index (χ2n) is 6.24. The SMILES string of the molecule is C[C@@H](C(=O)NCc1ccccc1)N1CCC2(CC1)COC(=O)O2. The van der Waals surface area contributed by atoms with E-state index in [1.165, 1.54) is 0 Å². The van der Waals surface area contributed by atoms with Crippen molar-refractivity contribution in [3.05, 3.63) is 35.9 Å². The molecule has 1 aromatic rings. The van der Waals surface area contributed by atoms with Gasteiger partial charge in [-0.15, -0.1) is 0 Å². The lowest BCUT2D eigenvalue weighted by atomic mass is 9.91. The van der Waals surface area contributed by atoms with Crippen LogP contribution in [0.5, 0.6) is 0 Å². The van der Waals surface area contributed by atoms with Gasteiger partial charge in [0.15, 0.2) is 5.60 Å². The predicted molar refractivity (Wildman–Crippen MR) is 83.7 cm³/mol. The summed E-state index contributed by atoms with van der Waals surface area (Å²) >= 11 is 0. The minimum atomic E-state index is -0.577. The molecule has 3 rings (SSSR count). The Kier molecular flexibility index (Phi) is 4.52. The number of carbonyl (C=O) groups is 2. The molecule has 2 fully saturated rings. The van der Waals surface area contributed by atoms with E-state index in [0.29, 0.717) is 26.0 Å². The minimum absolute atomic E-state index is 0.0180. The minimum Gasteiger partial charge on any atom is -0.430 e. The highest BCUT2D eigenvalue weighted by atomic mass is 16.8. The Balaban J connectivity index is 1.48. The molecule has 0 bridgehead atoms. The molecule has 1 aromatic carbocycles. The van der Waals surface area contributed by atoms with Crippen LogP contribution in [0.15, 0.2) is 30.3 Å². The Hall–Kier alpha value is -2.08. The van der Waals surface area contributed by atoms with E-state index >= 15 is 0 Å². The molecule has 0 unspecified atom stereocenters. The van der Waals surface area contributed by atoms with Crippen LogP contribution in [-0.4, -0.2) is 48.3 Å². The lowest BCUT2D eigenvalue weighted by Crippen LogP contribution is -2.52. The molecule has 2 saturated heterocycles. The summed E-state index contributed by atoms with van der Waals surface area (Å²) in [5.74, 6) is 0.0180. The van der Waals surface area contributed by atoms with E-state index in [4.69, 9.17) is 9.47 Å². The van der Waals surface area contributed by atoms with Gasteiger partial charge in [0, 0.05) is 32.5 Å². The van der Waals surface area contributed by atoms with Gasteiger partial charge in [-0.3, -0.25) is 9.69 Å². The van der Waals surface area contributed by atoms with Crippen LogP contribution < -0.4 is 5.32 Å². The maximum Gasteiger partial charge on any atom is 0.509 e. The van der Waals surface area contributed by atoms with Gasteiger partial charge in [0.05, 0.1) is 6.04 Å². The van der Waals surface area contributed by atoms with Crippen molar-refractivity contribution in [2.24, 2.45) is 0 Å². The van der Waals surface area contributed by atoms with Crippen LogP contribution in [0.3, 0.4) is 0 Å². The summed E-state index contributed by atoms with van der Waals surface area (Å²) in [6, 6.07) is 9.65. The first-order valence-electron chi connectivity index (χ1n) is 7.99. The first-order chi connectivity index (χ1) is 11.1. The Labute approximate surface area is 135 Å². The number of amides is 1. The number of rotatable bonds is 4. The third-order valence-corrected chi connectivity index (χ3v) is 4.70. The summed E-state index contributed by atoms with van der Waals surface area (Å²) in [4.78, 5) is 25.6. The fourth-order valence-electron chi connectivity index (χ4n) is 3.09. The molecule has 2 heterocycles. The lowest BCUT2D eigenvalue weighted by molar-refractivity contribution is -0.127. The molecular weight excluding hydrogens is 296 g/mol. The van der Waals surface area contributed by atoms with E-state index < -0.39 is 11.8 Å². The zero-order chi connectivity index (χ0) is 16.3. The number of cyclic esters (lactones) is 1. The number of piperidine rings is 1. The topological polar surface area (TPSA) is 67.9 Å². The maximum atomic E-state index is 12.3. The van der Waals surface area contributed by atoms with Crippen molar-refractivity contribution < 1.29 is 19.1 Å². The molecule has 1 N–H and O–H groups in total. The largest absolute Gasteiger partial charge is 0.509 e. The number of nitrogens with zero attached hydrogens (tertiary/aromatic N) is 1.